The number of nitrogens with one attached hydrogen (secondary N) is 1. The smallest absolute Gasteiger partial charge is 0.221 e. The van der Waals surface area contributed by atoms with Gasteiger partial charge in [-0.15, -0.1) is 12.4 Å². The second kappa shape index (κ2) is 9.71. The lowest BCUT2D eigenvalue weighted by Gasteiger charge is -2.35. The maximum absolute atomic E-state index is 11.5. The number of rotatable bonds is 6. The molecule has 118 valence electrons. The van der Waals surface area contributed by atoms with Crippen molar-refractivity contribution in [2.75, 3.05) is 19.6 Å². The van der Waals surface area contributed by atoms with Crippen molar-refractivity contribution in [3.8, 4) is 0 Å². The molecule has 0 radical (unpaired) electrons. The molecule has 3 N–H and O–H groups in total. The highest BCUT2D eigenvalue weighted by atomic mass is 35.5. The van der Waals surface area contributed by atoms with Gasteiger partial charge in [0.1, 0.15) is 0 Å². The van der Waals surface area contributed by atoms with Crippen LogP contribution in [-0.4, -0.2) is 41.5 Å². The zero-order chi connectivity index (χ0) is 14.2. The molecule has 1 saturated heterocycles. The molecule has 0 aromatic carbocycles. The molecule has 0 aliphatic carbocycles. The molecule has 1 aliphatic heterocycles. The second-order valence-electron chi connectivity index (χ2n) is 5.28. The maximum Gasteiger partial charge on any atom is 0.221 e. The van der Waals surface area contributed by atoms with Gasteiger partial charge in [0.15, 0.2) is 0 Å². The summed E-state index contributed by atoms with van der Waals surface area (Å²) in [4.78, 5) is 18.3. The molecular formula is C15H25ClN4O. The Morgan fingerprint density at radius 1 is 1.43 bits per heavy atom. The monoisotopic (exact) mass is 312 g/mol. The number of carbonyl (C=O) groups excluding carboxylic acids is 1. The standard InChI is InChI=1S/C15H24N4O.ClH/c16-8-7-15(20)18-11-14-6-2-4-10-19(14)12-13-5-1-3-9-17-13;/h1,3,5,9,14H,2,4,6-8,10-12,16H2,(H,18,20);1H. The zero-order valence-electron chi connectivity index (χ0n) is 12.3. The Hall–Kier alpha value is -1.17. The number of hydrogen-bond acceptors (Lipinski definition) is 4. The Labute approximate surface area is 132 Å². The van der Waals surface area contributed by atoms with Gasteiger partial charge in [-0.05, 0) is 31.5 Å². The van der Waals surface area contributed by atoms with Crippen molar-refractivity contribution < 1.29 is 4.79 Å². The van der Waals surface area contributed by atoms with Crippen LogP contribution in [0.25, 0.3) is 0 Å². The van der Waals surface area contributed by atoms with Gasteiger partial charge in [-0.2, -0.15) is 0 Å². The van der Waals surface area contributed by atoms with E-state index in [0.29, 0.717) is 25.6 Å². The molecule has 0 spiro atoms. The van der Waals surface area contributed by atoms with Crippen molar-refractivity contribution in [2.24, 2.45) is 5.73 Å². The SMILES string of the molecule is Cl.NCCC(=O)NCC1CCCCN1Cc1ccccn1. The van der Waals surface area contributed by atoms with Gasteiger partial charge in [-0.25, -0.2) is 0 Å². The highest BCUT2D eigenvalue weighted by Gasteiger charge is 2.22. The molecule has 1 unspecified atom stereocenters. The zero-order valence-corrected chi connectivity index (χ0v) is 13.1. The summed E-state index contributed by atoms with van der Waals surface area (Å²) >= 11 is 0. The van der Waals surface area contributed by atoms with Crippen LogP contribution < -0.4 is 11.1 Å². The number of carbonyl (C=O) groups is 1. The molecule has 1 fully saturated rings. The number of likely N-dealkylation sites (tertiary alicyclic amines) is 1. The highest BCUT2D eigenvalue weighted by molar-refractivity contribution is 5.85. The van der Waals surface area contributed by atoms with E-state index in [4.69, 9.17) is 5.73 Å². The topological polar surface area (TPSA) is 71.2 Å². The molecular weight excluding hydrogens is 288 g/mol. The van der Waals surface area contributed by atoms with Crippen molar-refractivity contribution >= 4 is 18.3 Å². The van der Waals surface area contributed by atoms with E-state index >= 15 is 0 Å². The summed E-state index contributed by atoms with van der Waals surface area (Å²) in [6.45, 7) is 3.06. The van der Waals surface area contributed by atoms with Crippen LogP contribution in [0, 0.1) is 0 Å². The molecule has 0 bridgehead atoms. The van der Waals surface area contributed by atoms with Gasteiger partial charge >= 0.3 is 0 Å². The van der Waals surface area contributed by atoms with E-state index in [1.54, 1.807) is 0 Å². The number of aromatic nitrogens is 1. The summed E-state index contributed by atoms with van der Waals surface area (Å²) in [6, 6.07) is 6.42. The molecule has 2 rings (SSSR count). The largest absolute Gasteiger partial charge is 0.354 e. The quantitative estimate of drug-likeness (QED) is 0.831. The van der Waals surface area contributed by atoms with Crippen molar-refractivity contribution in [3.05, 3.63) is 30.1 Å². The van der Waals surface area contributed by atoms with Gasteiger partial charge in [-0.3, -0.25) is 14.7 Å². The first-order valence-corrected chi connectivity index (χ1v) is 7.40. The Kier molecular flexibility index (Phi) is 8.27. The number of halogens is 1. The summed E-state index contributed by atoms with van der Waals surface area (Å²) in [5, 5.41) is 2.99. The molecule has 21 heavy (non-hydrogen) atoms. The first-order chi connectivity index (χ1) is 9.79. The van der Waals surface area contributed by atoms with Crippen molar-refractivity contribution in [1.82, 2.24) is 15.2 Å². The second-order valence-corrected chi connectivity index (χ2v) is 5.28. The fraction of sp³-hybridized carbons (Fsp3) is 0.600. The first kappa shape index (κ1) is 17.9. The Morgan fingerprint density at radius 3 is 3.00 bits per heavy atom. The minimum atomic E-state index is 0. The Balaban J connectivity index is 0.00000220. The van der Waals surface area contributed by atoms with E-state index in [0.717, 1.165) is 25.2 Å². The molecule has 1 aromatic heterocycles. The van der Waals surface area contributed by atoms with Gasteiger partial charge < -0.3 is 11.1 Å². The minimum absolute atomic E-state index is 0. The third-order valence-electron chi connectivity index (χ3n) is 3.75. The average Bonchev–Trinajstić information content (AvgIpc) is 2.48. The molecule has 1 aromatic rings. The lowest BCUT2D eigenvalue weighted by molar-refractivity contribution is -0.121. The summed E-state index contributed by atoms with van der Waals surface area (Å²) in [7, 11) is 0. The molecule has 6 heteroatoms. The average molecular weight is 313 g/mol. The van der Waals surface area contributed by atoms with Gasteiger partial charge in [0.05, 0.1) is 5.69 Å². The van der Waals surface area contributed by atoms with Gasteiger partial charge in [0, 0.05) is 38.3 Å². The number of hydrogen-bond donors (Lipinski definition) is 2. The Bertz CT molecular complexity index is 415. The van der Waals surface area contributed by atoms with Crippen LogP contribution in [0.3, 0.4) is 0 Å². The van der Waals surface area contributed by atoms with Crippen LogP contribution in [0.5, 0.6) is 0 Å². The fourth-order valence-corrected chi connectivity index (χ4v) is 2.65. The maximum atomic E-state index is 11.5. The number of nitrogens with zero attached hydrogens (tertiary/aromatic N) is 2. The Morgan fingerprint density at radius 2 is 2.29 bits per heavy atom. The number of nitrogens with two attached hydrogens (primary N) is 1. The number of piperidine rings is 1. The van der Waals surface area contributed by atoms with E-state index in [1.165, 1.54) is 12.8 Å². The lowest BCUT2D eigenvalue weighted by atomic mass is 10.0. The fourth-order valence-electron chi connectivity index (χ4n) is 2.65. The predicted molar refractivity (Wildman–Crippen MR) is 86.2 cm³/mol. The number of amides is 1. The summed E-state index contributed by atoms with van der Waals surface area (Å²) in [5.74, 6) is 0.0517. The van der Waals surface area contributed by atoms with Gasteiger partial charge in [0.2, 0.25) is 5.91 Å². The predicted octanol–water partition coefficient (Wildman–Crippen LogP) is 1.32. The minimum Gasteiger partial charge on any atom is -0.354 e. The van der Waals surface area contributed by atoms with Crippen LogP contribution >= 0.6 is 12.4 Å². The van der Waals surface area contributed by atoms with Crippen molar-refractivity contribution in [2.45, 2.75) is 38.3 Å². The van der Waals surface area contributed by atoms with E-state index < -0.39 is 0 Å². The van der Waals surface area contributed by atoms with E-state index in [1.807, 2.05) is 18.3 Å². The highest BCUT2D eigenvalue weighted by Crippen LogP contribution is 2.18. The van der Waals surface area contributed by atoms with E-state index in [9.17, 15) is 4.79 Å². The molecule has 5 nitrogen and oxygen atoms in total. The van der Waals surface area contributed by atoms with Crippen molar-refractivity contribution in [1.29, 1.82) is 0 Å². The van der Waals surface area contributed by atoms with Gasteiger partial charge in [0.25, 0.3) is 0 Å². The van der Waals surface area contributed by atoms with Crippen molar-refractivity contribution in [3.63, 3.8) is 0 Å². The van der Waals surface area contributed by atoms with E-state index in [-0.39, 0.29) is 18.3 Å². The normalized spacial score (nSPS) is 18.8. The third-order valence-corrected chi connectivity index (χ3v) is 3.75. The lowest BCUT2D eigenvalue weighted by Crippen LogP contribution is -2.46. The molecule has 1 aliphatic rings. The molecule has 2 heterocycles. The van der Waals surface area contributed by atoms with E-state index in [2.05, 4.69) is 21.3 Å². The van der Waals surface area contributed by atoms with Crippen LogP contribution in [0.4, 0.5) is 0 Å². The van der Waals surface area contributed by atoms with Gasteiger partial charge in [-0.1, -0.05) is 12.5 Å². The number of pyridine rings is 1. The van der Waals surface area contributed by atoms with Crippen LogP contribution in [0.1, 0.15) is 31.4 Å². The van der Waals surface area contributed by atoms with Crippen LogP contribution in [-0.2, 0) is 11.3 Å². The molecule has 1 atom stereocenters. The third kappa shape index (κ3) is 5.99. The molecule has 1 amide bonds. The summed E-state index contributed by atoms with van der Waals surface area (Å²) in [5.41, 5.74) is 6.48. The summed E-state index contributed by atoms with van der Waals surface area (Å²) in [6.07, 6.45) is 5.83. The first-order valence-electron chi connectivity index (χ1n) is 7.40. The van der Waals surface area contributed by atoms with Crippen LogP contribution in [0.15, 0.2) is 24.4 Å². The summed E-state index contributed by atoms with van der Waals surface area (Å²) < 4.78 is 0. The van der Waals surface area contributed by atoms with Crippen LogP contribution in [0.2, 0.25) is 0 Å². The molecule has 0 saturated carbocycles.